The number of nitrogens with one attached hydrogen (secondary N) is 1. The van der Waals surface area contributed by atoms with Crippen molar-refractivity contribution < 1.29 is 14.3 Å². The smallest absolute Gasteiger partial charge is 0.437 e. The fraction of sp³-hybridized carbons (Fsp3) is 0.409. The quantitative estimate of drug-likeness (QED) is 0.369. The lowest BCUT2D eigenvalue weighted by Gasteiger charge is -2.20. The first kappa shape index (κ1) is 19.2. The number of carbonyl (C=O) groups is 1. The maximum absolute atomic E-state index is 11.4. The summed E-state index contributed by atoms with van der Waals surface area (Å²) in [6, 6.07) is 11.8. The number of hydrogen-bond acceptors (Lipinski definition) is 6. The molecule has 152 valence electrons. The van der Waals surface area contributed by atoms with Gasteiger partial charge in [0.05, 0.1) is 30.4 Å². The minimum absolute atomic E-state index is 0.404. The summed E-state index contributed by atoms with van der Waals surface area (Å²) in [6.07, 6.45) is 8.38. The summed E-state index contributed by atoms with van der Waals surface area (Å²) < 4.78 is 12.1. The summed E-state index contributed by atoms with van der Waals surface area (Å²) in [5.41, 5.74) is 2.79. The Balaban J connectivity index is 1.68. The number of fused-ring (bicyclic) bond motifs is 1. The monoisotopic (exact) mass is 394 g/mol. The Morgan fingerprint density at radius 1 is 1.17 bits per heavy atom. The van der Waals surface area contributed by atoms with Crippen LogP contribution in [0.1, 0.15) is 50.3 Å². The second-order valence-electron chi connectivity index (χ2n) is 7.33. The fourth-order valence-corrected chi connectivity index (χ4v) is 3.96. The summed E-state index contributed by atoms with van der Waals surface area (Å²) in [4.78, 5) is 20.7. The number of hydrogen-bond donors (Lipinski definition) is 1. The molecule has 2 aromatic heterocycles. The SMILES string of the molecule is COC(=O)Oc1ccc2c(c1)nc(NCc1ccccn1)n2C1CCCCCC1. The van der Waals surface area contributed by atoms with E-state index in [1.165, 1.54) is 32.8 Å². The van der Waals surface area contributed by atoms with Gasteiger partial charge in [0, 0.05) is 18.3 Å². The fourth-order valence-electron chi connectivity index (χ4n) is 3.96. The summed E-state index contributed by atoms with van der Waals surface area (Å²) in [6.45, 7) is 0.600. The zero-order valence-electron chi connectivity index (χ0n) is 16.6. The minimum Gasteiger partial charge on any atom is -0.437 e. The Morgan fingerprint density at radius 3 is 2.72 bits per heavy atom. The largest absolute Gasteiger partial charge is 0.513 e. The molecule has 7 nitrogen and oxygen atoms in total. The van der Waals surface area contributed by atoms with Crippen molar-refractivity contribution in [2.75, 3.05) is 12.4 Å². The number of anilines is 1. The predicted molar refractivity (Wildman–Crippen MR) is 111 cm³/mol. The molecule has 0 aliphatic heterocycles. The standard InChI is InChI=1S/C22H26N4O3/c1-28-22(27)29-18-11-12-20-19(14-18)25-21(24-15-16-8-6-7-13-23-16)26(20)17-9-4-2-3-5-10-17/h6-8,11-14,17H,2-5,9-10,15H2,1H3,(H,24,25). The first-order valence-electron chi connectivity index (χ1n) is 10.2. The molecule has 4 rings (SSSR count). The molecule has 1 aliphatic rings. The lowest BCUT2D eigenvalue weighted by molar-refractivity contribution is 0.121. The van der Waals surface area contributed by atoms with Gasteiger partial charge in [0.2, 0.25) is 5.95 Å². The van der Waals surface area contributed by atoms with Gasteiger partial charge in [-0.3, -0.25) is 4.98 Å². The van der Waals surface area contributed by atoms with Crippen molar-refractivity contribution in [1.82, 2.24) is 14.5 Å². The Labute approximate surface area is 170 Å². The summed E-state index contributed by atoms with van der Waals surface area (Å²) in [7, 11) is 1.29. The van der Waals surface area contributed by atoms with Gasteiger partial charge in [-0.25, -0.2) is 9.78 Å². The highest BCUT2D eigenvalue weighted by molar-refractivity contribution is 5.81. The highest BCUT2D eigenvalue weighted by Gasteiger charge is 2.21. The van der Waals surface area contributed by atoms with E-state index in [1.807, 2.05) is 24.3 Å². The van der Waals surface area contributed by atoms with E-state index in [-0.39, 0.29) is 0 Å². The zero-order valence-corrected chi connectivity index (χ0v) is 16.6. The topological polar surface area (TPSA) is 78.3 Å². The molecular formula is C22H26N4O3. The Morgan fingerprint density at radius 2 is 2.00 bits per heavy atom. The molecule has 0 radical (unpaired) electrons. The van der Waals surface area contributed by atoms with Crippen molar-refractivity contribution in [2.45, 2.75) is 51.1 Å². The first-order valence-corrected chi connectivity index (χ1v) is 10.2. The molecule has 1 fully saturated rings. The second kappa shape index (κ2) is 8.94. The van der Waals surface area contributed by atoms with E-state index in [0.717, 1.165) is 35.5 Å². The van der Waals surface area contributed by atoms with Crippen molar-refractivity contribution >= 4 is 23.1 Å². The van der Waals surface area contributed by atoms with Crippen LogP contribution in [0.4, 0.5) is 10.7 Å². The van der Waals surface area contributed by atoms with E-state index in [0.29, 0.717) is 18.3 Å². The van der Waals surface area contributed by atoms with Crippen molar-refractivity contribution in [1.29, 1.82) is 0 Å². The lowest BCUT2D eigenvalue weighted by Crippen LogP contribution is -2.13. The van der Waals surface area contributed by atoms with Crippen LogP contribution >= 0.6 is 0 Å². The van der Waals surface area contributed by atoms with Crippen LogP contribution in [0, 0.1) is 0 Å². The zero-order chi connectivity index (χ0) is 20.1. The summed E-state index contributed by atoms with van der Waals surface area (Å²) in [5, 5.41) is 3.47. The van der Waals surface area contributed by atoms with E-state index in [1.54, 1.807) is 18.3 Å². The van der Waals surface area contributed by atoms with Crippen LogP contribution < -0.4 is 10.1 Å². The molecule has 0 spiro atoms. The van der Waals surface area contributed by atoms with Crippen molar-refractivity contribution in [3.05, 3.63) is 48.3 Å². The van der Waals surface area contributed by atoms with Gasteiger partial charge in [-0.2, -0.15) is 0 Å². The molecule has 7 heteroatoms. The highest BCUT2D eigenvalue weighted by atomic mass is 16.7. The molecule has 0 bridgehead atoms. The van der Waals surface area contributed by atoms with Gasteiger partial charge < -0.3 is 19.4 Å². The maximum atomic E-state index is 11.4. The van der Waals surface area contributed by atoms with Crippen LogP contribution in [0.3, 0.4) is 0 Å². The van der Waals surface area contributed by atoms with Crippen molar-refractivity contribution in [3.63, 3.8) is 0 Å². The number of methoxy groups -OCH3 is 1. The maximum Gasteiger partial charge on any atom is 0.513 e. The third-order valence-electron chi connectivity index (χ3n) is 5.37. The number of nitrogens with zero attached hydrogens (tertiary/aromatic N) is 3. The molecule has 1 aliphatic carbocycles. The highest BCUT2D eigenvalue weighted by Crippen LogP contribution is 2.34. The molecule has 1 saturated carbocycles. The van der Waals surface area contributed by atoms with Gasteiger partial charge in [0.15, 0.2) is 0 Å². The predicted octanol–water partition coefficient (Wildman–Crippen LogP) is 5.08. The molecule has 0 saturated heterocycles. The average molecular weight is 394 g/mol. The van der Waals surface area contributed by atoms with Crippen LogP contribution in [0.15, 0.2) is 42.6 Å². The van der Waals surface area contributed by atoms with E-state index >= 15 is 0 Å². The molecular weight excluding hydrogens is 368 g/mol. The summed E-state index contributed by atoms with van der Waals surface area (Å²) in [5.74, 6) is 1.25. The molecule has 0 atom stereocenters. The van der Waals surface area contributed by atoms with Gasteiger partial charge in [0.1, 0.15) is 5.75 Å². The lowest BCUT2D eigenvalue weighted by atomic mass is 10.1. The van der Waals surface area contributed by atoms with Crippen LogP contribution in [-0.4, -0.2) is 27.8 Å². The number of carbonyl (C=O) groups excluding carboxylic acids is 1. The van der Waals surface area contributed by atoms with Crippen LogP contribution in [-0.2, 0) is 11.3 Å². The van der Waals surface area contributed by atoms with Crippen LogP contribution in [0.5, 0.6) is 5.75 Å². The number of ether oxygens (including phenoxy) is 2. The van der Waals surface area contributed by atoms with Crippen molar-refractivity contribution in [3.8, 4) is 5.75 Å². The normalized spacial score (nSPS) is 15.1. The number of imidazole rings is 1. The van der Waals surface area contributed by atoms with Crippen molar-refractivity contribution in [2.24, 2.45) is 0 Å². The number of benzene rings is 1. The molecule has 2 heterocycles. The Kier molecular flexibility index (Phi) is 5.93. The van der Waals surface area contributed by atoms with Gasteiger partial charge in [-0.15, -0.1) is 0 Å². The number of aromatic nitrogens is 3. The second-order valence-corrected chi connectivity index (χ2v) is 7.33. The minimum atomic E-state index is -0.735. The molecule has 3 aromatic rings. The molecule has 0 unspecified atom stereocenters. The van der Waals surface area contributed by atoms with Crippen LogP contribution in [0.25, 0.3) is 11.0 Å². The number of rotatable bonds is 5. The molecule has 1 N–H and O–H groups in total. The average Bonchev–Trinajstić information content (AvgIpc) is 2.90. The van der Waals surface area contributed by atoms with E-state index in [2.05, 4.69) is 19.6 Å². The number of pyridine rings is 1. The third kappa shape index (κ3) is 4.50. The van der Waals surface area contributed by atoms with E-state index in [9.17, 15) is 4.79 Å². The Hall–Kier alpha value is -3.09. The van der Waals surface area contributed by atoms with Gasteiger partial charge in [-0.1, -0.05) is 31.7 Å². The van der Waals surface area contributed by atoms with Crippen LogP contribution in [0.2, 0.25) is 0 Å². The molecule has 0 amide bonds. The van der Waals surface area contributed by atoms with E-state index in [4.69, 9.17) is 9.72 Å². The third-order valence-corrected chi connectivity index (χ3v) is 5.37. The molecule has 1 aromatic carbocycles. The molecule has 29 heavy (non-hydrogen) atoms. The van der Waals surface area contributed by atoms with E-state index < -0.39 is 6.16 Å². The van der Waals surface area contributed by atoms with Gasteiger partial charge in [-0.05, 0) is 37.1 Å². The Bertz CT molecular complexity index is 963. The first-order chi connectivity index (χ1) is 14.2. The van der Waals surface area contributed by atoms with Gasteiger partial charge >= 0.3 is 6.16 Å². The summed E-state index contributed by atoms with van der Waals surface area (Å²) >= 11 is 0. The van der Waals surface area contributed by atoms with Gasteiger partial charge in [0.25, 0.3) is 0 Å².